The van der Waals surface area contributed by atoms with Crippen molar-refractivity contribution >= 4 is 5.97 Å². The second-order valence-electron chi connectivity index (χ2n) is 7.97. The van der Waals surface area contributed by atoms with Gasteiger partial charge in [0, 0.05) is 6.42 Å². The third-order valence-corrected chi connectivity index (χ3v) is 5.70. The van der Waals surface area contributed by atoms with Crippen molar-refractivity contribution in [2.75, 3.05) is 0 Å². The lowest BCUT2D eigenvalue weighted by Gasteiger charge is -2.20. The summed E-state index contributed by atoms with van der Waals surface area (Å²) >= 11 is 0. The second-order valence-corrected chi connectivity index (χ2v) is 7.97. The average Bonchev–Trinajstić information content (AvgIpc) is 2.95. The van der Waals surface area contributed by atoms with E-state index in [1.165, 1.54) is 25.7 Å². The molecule has 0 aromatic heterocycles. The van der Waals surface area contributed by atoms with Gasteiger partial charge in [0.15, 0.2) is 0 Å². The molecule has 4 nitrogen and oxygen atoms in total. The first-order chi connectivity index (χ1) is 12.5. The second kappa shape index (κ2) is 14.2. The van der Waals surface area contributed by atoms with Crippen LogP contribution in [0.25, 0.3) is 0 Å². The third kappa shape index (κ3) is 10.3. The van der Waals surface area contributed by atoms with Crippen LogP contribution in [0.2, 0.25) is 0 Å². The van der Waals surface area contributed by atoms with Crippen LogP contribution in [0, 0.1) is 11.8 Å². The van der Waals surface area contributed by atoms with E-state index in [0.29, 0.717) is 11.8 Å². The fourth-order valence-corrected chi connectivity index (χ4v) is 4.06. The molecule has 1 saturated carbocycles. The zero-order valence-corrected chi connectivity index (χ0v) is 16.6. The predicted octanol–water partition coefficient (Wildman–Crippen LogP) is 5.08. The first kappa shape index (κ1) is 23.2. The highest BCUT2D eigenvalue weighted by atomic mass is 16.4. The van der Waals surface area contributed by atoms with Gasteiger partial charge in [-0.1, -0.05) is 70.4 Å². The Hall–Kier alpha value is -0.870. The van der Waals surface area contributed by atoms with E-state index in [1.807, 2.05) is 6.08 Å². The zero-order valence-electron chi connectivity index (χ0n) is 16.6. The van der Waals surface area contributed by atoms with Gasteiger partial charge >= 0.3 is 5.97 Å². The molecule has 1 aliphatic carbocycles. The smallest absolute Gasteiger partial charge is 0.303 e. The van der Waals surface area contributed by atoms with E-state index < -0.39 is 5.97 Å². The summed E-state index contributed by atoms with van der Waals surface area (Å²) in [6.07, 6.45) is 17.3. The van der Waals surface area contributed by atoms with Gasteiger partial charge in [-0.25, -0.2) is 0 Å². The number of aliphatic hydroxyl groups excluding tert-OH is 2. The zero-order chi connectivity index (χ0) is 19.2. The number of carboxylic acids is 1. The van der Waals surface area contributed by atoms with Crippen LogP contribution in [-0.2, 0) is 4.79 Å². The molecule has 26 heavy (non-hydrogen) atoms. The molecule has 0 aromatic carbocycles. The number of carboxylic acid groups (broad SMARTS) is 1. The number of unbranched alkanes of at least 4 members (excludes halogenated alkanes) is 7. The van der Waals surface area contributed by atoms with Crippen LogP contribution in [0.1, 0.15) is 96.8 Å². The predicted molar refractivity (Wildman–Crippen MR) is 106 cm³/mol. The van der Waals surface area contributed by atoms with Crippen LogP contribution < -0.4 is 0 Å². The third-order valence-electron chi connectivity index (χ3n) is 5.70. The Morgan fingerprint density at radius 2 is 1.73 bits per heavy atom. The van der Waals surface area contributed by atoms with Crippen molar-refractivity contribution in [1.29, 1.82) is 0 Å². The normalized spacial score (nSPS) is 24.3. The van der Waals surface area contributed by atoms with Gasteiger partial charge in [0.1, 0.15) is 0 Å². The average molecular weight is 369 g/mol. The molecule has 1 fully saturated rings. The molecule has 0 spiro atoms. The minimum atomic E-state index is -0.717. The van der Waals surface area contributed by atoms with Gasteiger partial charge in [0.25, 0.3) is 0 Å². The summed E-state index contributed by atoms with van der Waals surface area (Å²) in [4.78, 5) is 10.5. The van der Waals surface area contributed by atoms with Gasteiger partial charge in [-0.05, 0) is 43.9 Å². The lowest BCUT2D eigenvalue weighted by Crippen LogP contribution is -2.18. The highest BCUT2D eigenvalue weighted by Crippen LogP contribution is 2.36. The van der Waals surface area contributed by atoms with E-state index in [9.17, 15) is 15.0 Å². The summed E-state index contributed by atoms with van der Waals surface area (Å²) in [6.45, 7) is 2.21. The topological polar surface area (TPSA) is 77.8 Å². The number of aliphatic carboxylic acids is 1. The summed E-state index contributed by atoms with van der Waals surface area (Å²) in [5.41, 5.74) is 0. The first-order valence-electron chi connectivity index (χ1n) is 10.8. The molecule has 0 aliphatic heterocycles. The quantitative estimate of drug-likeness (QED) is 0.278. The molecule has 4 unspecified atom stereocenters. The Bertz CT molecular complexity index is 394. The van der Waals surface area contributed by atoms with E-state index in [1.54, 1.807) is 0 Å². The van der Waals surface area contributed by atoms with Crippen LogP contribution in [0.4, 0.5) is 0 Å². The van der Waals surface area contributed by atoms with Gasteiger partial charge in [0.2, 0.25) is 0 Å². The largest absolute Gasteiger partial charge is 0.481 e. The standard InChI is InChI=1S/C22H40O4/c1-2-3-4-5-8-11-19(23)16-14-18-15-17-21(24)20(18)12-9-6-7-10-13-22(25)26/h14,16,18-21,23-24H,2-13,15,17H2,1H3,(H,25,26)/b16-14+. The molecule has 0 radical (unpaired) electrons. The van der Waals surface area contributed by atoms with Crippen LogP contribution in [0.3, 0.4) is 0 Å². The Balaban J connectivity index is 2.23. The molecule has 0 bridgehead atoms. The molecule has 1 aliphatic rings. The van der Waals surface area contributed by atoms with E-state index in [-0.39, 0.29) is 18.6 Å². The van der Waals surface area contributed by atoms with Crippen molar-refractivity contribution in [3.63, 3.8) is 0 Å². The molecule has 4 atom stereocenters. The van der Waals surface area contributed by atoms with Crippen molar-refractivity contribution in [2.45, 2.75) is 109 Å². The molecule has 0 amide bonds. The molecule has 0 aromatic rings. The summed E-state index contributed by atoms with van der Waals surface area (Å²) < 4.78 is 0. The lowest BCUT2D eigenvalue weighted by atomic mass is 9.88. The molecule has 0 saturated heterocycles. The van der Waals surface area contributed by atoms with E-state index in [0.717, 1.165) is 57.8 Å². The molecule has 4 heteroatoms. The summed E-state index contributed by atoms with van der Waals surface area (Å²) in [5.74, 6) is -0.0495. The lowest BCUT2D eigenvalue weighted by molar-refractivity contribution is -0.137. The van der Waals surface area contributed by atoms with Gasteiger partial charge in [-0.2, -0.15) is 0 Å². The number of hydrogen-bond acceptors (Lipinski definition) is 3. The van der Waals surface area contributed by atoms with Crippen molar-refractivity contribution in [3.05, 3.63) is 12.2 Å². The highest BCUT2D eigenvalue weighted by Gasteiger charge is 2.32. The van der Waals surface area contributed by atoms with E-state index in [4.69, 9.17) is 5.11 Å². The Morgan fingerprint density at radius 3 is 2.46 bits per heavy atom. The highest BCUT2D eigenvalue weighted by molar-refractivity contribution is 5.66. The van der Waals surface area contributed by atoms with Gasteiger partial charge in [-0.15, -0.1) is 0 Å². The van der Waals surface area contributed by atoms with E-state index in [2.05, 4.69) is 13.0 Å². The summed E-state index contributed by atoms with van der Waals surface area (Å²) in [5, 5.41) is 29.0. The fraction of sp³-hybridized carbons (Fsp3) is 0.864. The van der Waals surface area contributed by atoms with Gasteiger partial charge < -0.3 is 15.3 Å². The van der Waals surface area contributed by atoms with Crippen LogP contribution >= 0.6 is 0 Å². The maximum absolute atomic E-state index is 10.5. The molecular weight excluding hydrogens is 328 g/mol. The number of carbonyl (C=O) groups is 1. The molecule has 3 N–H and O–H groups in total. The Labute approximate surface area is 159 Å². The van der Waals surface area contributed by atoms with Crippen LogP contribution in [-0.4, -0.2) is 33.5 Å². The van der Waals surface area contributed by atoms with Crippen LogP contribution in [0.15, 0.2) is 12.2 Å². The number of hydrogen-bond donors (Lipinski definition) is 3. The minimum Gasteiger partial charge on any atom is -0.481 e. The van der Waals surface area contributed by atoms with E-state index >= 15 is 0 Å². The van der Waals surface area contributed by atoms with Crippen molar-refractivity contribution < 1.29 is 20.1 Å². The minimum absolute atomic E-state index is 0.227. The summed E-state index contributed by atoms with van der Waals surface area (Å²) in [6, 6.07) is 0. The maximum Gasteiger partial charge on any atom is 0.303 e. The molecular formula is C22H40O4. The van der Waals surface area contributed by atoms with Gasteiger partial charge in [-0.3, -0.25) is 4.79 Å². The first-order valence-corrected chi connectivity index (χ1v) is 10.8. The van der Waals surface area contributed by atoms with Crippen molar-refractivity contribution in [2.24, 2.45) is 11.8 Å². The monoisotopic (exact) mass is 368 g/mol. The SMILES string of the molecule is CCCCCCCC(O)/C=C/C1CCC(O)C1CCCCCCC(=O)O. The number of rotatable bonds is 15. The molecule has 0 heterocycles. The van der Waals surface area contributed by atoms with Crippen LogP contribution in [0.5, 0.6) is 0 Å². The molecule has 152 valence electrons. The van der Waals surface area contributed by atoms with Crippen molar-refractivity contribution in [3.8, 4) is 0 Å². The van der Waals surface area contributed by atoms with Gasteiger partial charge in [0.05, 0.1) is 12.2 Å². The summed E-state index contributed by atoms with van der Waals surface area (Å²) in [7, 11) is 0. The maximum atomic E-state index is 10.5. The Kier molecular flexibility index (Phi) is 12.7. The Morgan fingerprint density at radius 1 is 1.04 bits per heavy atom. The number of allylic oxidation sites excluding steroid dienone is 1. The number of aliphatic hydroxyl groups is 2. The van der Waals surface area contributed by atoms with Crippen molar-refractivity contribution in [1.82, 2.24) is 0 Å². The molecule has 1 rings (SSSR count). The fourth-order valence-electron chi connectivity index (χ4n) is 4.06.